The summed E-state index contributed by atoms with van der Waals surface area (Å²) < 4.78 is 27.8. The number of primary sulfonamides is 1. The van der Waals surface area contributed by atoms with Gasteiger partial charge in [-0.2, -0.15) is 0 Å². The van der Waals surface area contributed by atoms with Crippen molar-refractivity contribution in [2.45, 2.75) is 30.7 Å². The van der Waals surface area contributed by atoms with Crippen molar-refractivity contribution in [3.8, 4) is 5.75 Å². The first-order chi connectivity index (χ1) is 9.31. The van der Waals surface area contributed by atoms with Crippen molar-refractivity contribution in [3.63, 3.8) is 0 Å². The summed E-state index contributed by atoms with van der Waals surface area (Å²) in [6, 6.07) is 4.13. The van der Waals surface area contributed by atoms with Crippen molar-refractivity contribution in [2.75, 3.05) is 7.11 Å². The Morgan fingerprint density at radius 3 is 2.55 bits per heavy atom. The predicted molar refractivity (Wildman–Crippen MR) is 74.0 cm³/mol. The second kappa shape index (κ2) is 5.41. The Morgan fingerprint density at radius 1 is 1.40 bits per heavy atom. The number of ether oxygens (including phenoxy) is 1. The van der Waals surface area contributed by atoms with Crippen LogP contribution >= 0.6 is 0 Å². The minimum atomic E-state index is -3.85. The Morgan fingerprint density at radius 2 is 2.05 bits per heavy atom. The first-order valence-electron chi connectivity index (χ1n) is 6.33. The van der Waals surface area contributed by atoms with Gasteiger partial charge in [0.25, 0.3) is 5.91 Å². The Bertz CT molecular complexity index is 621. The molecule has 0 spiro atoms. The molecule has 20 heavy (non-hydrogen) atoms. The first-order valence-corrected chi connectivity index (χ1v) is 7.87. The van der Waals surface area contributed by atoms with E-state index in [9.17, 15) is 13.2 Å². The fourth-order valence-corrected chi connectivity index (χ4v) is 2.86. The van der Waals surface area contributed by atoms with E-state index in [1.807, 2.05) is 0 Å². The molecule has 1 aliphatic carbocycles. The van der Waals surface area contributed by atoms with Crippen LogP contribution in [0, 0.1) is 5.92 Å². The lowest BCUT2D eigenvalue weighted by atomic mass is 9.82. The number of amides is 1. The van der Waals surface area contributed by atoms with E-state index in [4.69, 9.17) is 9.88 Å². The lowest BCUT2D eigenvalue weighted by molar-refractivity contribution is 0.0893. The van der Waals surface area contributed by atoms with Crippen LogP contribution in [-0.2, 0) is 10.0 Å². The molecule has 0 bridgehead atoms. The number of sulfonamides is 1. The van der Waals surface area contributed by atoms with Crippen LogP contribution in [0.25, 0.3) is 0 Å². The van der Waals surface area contributed by atoms with Gasteiger partial charge in [-0.15, -0.1) is 0 Å². The van der Waals surface area contributed by atoms with Gasteiger partial charge >= 0.3 is 0 Å². The van der Waals surface area contributed by atoms with Crippen molar-refractivity contribution in [1.29, 1.82) is 0 Å². The van der Waals surface area contributed by atoms with Crippen molar-refractivity contribution < 1.29 is 17.9 Å². The van der Waals surface area contributed by atoms with Crippen molar-refractivity contribution in [3.05, 3.63) is 23.8 Å². The molecule has 0 unspecified atom stereocenters. The minimum absolute atomic E-state index is 0.106. The molecule has 1 aromatic carbocycles. The van der Waals surface area contributed by atoms with Crippen LogP contribution in [0.2, 0.25) is 0 Å². The van der Waals surface area contributed by atoms with Crippen molar-refractivity contribution in [1.82, 2.24) is 5.32 Å². The lowest BCUT2D eigenvalue weighted by Crippen LogP contribution is -2.43. The van der Waals surface area contributed by atoms with Gasteiger partial charge in [0.05, 0.1) is 17.6 Å². The van der Waals surface area contributed by atoms with E-state index in [2.05, 4.69) is 12.2 Å². The molecule has 0 saturated heterocycles. The van der Waals surface area contributed by atoms with Gasteiger partial charge in [0.1, 0.15) is 5.75 Å². The molecule has 1 aromatic rings. The molecule has 0 heterocycles. The number of hydrogen-bond acceptors (Lipinski definition) is 4. The molecule has 1 fully saturated rings. The summed E-state index contributed by atoms with van der Waals surface area (Å²) in [4.78, 5) is 12.1. The Labute approximate surface area is 118 Å². The lowest BCUT2D eigenvalue weighted by Gasteiger charge is -2.33. The summed E-state index contributed by atoms with van der Waals surface area (Å²) in [5.41, 5.74) is 0.179. The number of methoxy groups -OCH3 is 1. The van der Waals surface area contributed by atoms with Crippen LogP contribution in [0.5, 0.6) is 5.75 Å². The molecule has 7 heteroatoms. The van der Waals surface area contributed by atoms with Crippen LogP contribution in [0.4, 0.5) is 0 Å². The van der Waals surface area contributed by atoms with Gasteiger partial charge in [0, 0.05) is 6.04 Å². The SMILES string of the molecule is COc1ccc(S(N)(=O)=O)cc1C(=O)NC1CC(C)C1. The predicted octanol–water partition coefficient (Wildman–Crippen LogP) is 0.871. The number of benzene rings is 1. The second-order valence-corrected chi connectivity index (χ2v) is 6.72. The van der Waals surface area contributed by atoms with Gasteiger partial charge in [-0.1, -0.05) is 6.92 Å². The summed E-state index contributed by atoms with van der Waals surface area (Å²) in [5.74, 6) is 0.587. The van der Waals surface area contributed by atoms with E-state index in [0.29, 0.717) is 11.7 Å². The van der Waals surface area contributed by atoms with Gasteiger partial charge in [0.2, 0.25) is 10.0 Å². The number of carbonyl (C=O) groups is 1. The molecular formula is C13H18N2O4S. The maximum absolute atomic E-state index is 12.2. The zero-order valence-corrected chi connectivity index (χ0v) is 12.2. The van der Waals surface area contributed by atoms with E-state index < -0.39 is 10.0 Å². The monoisotopic (exact) mass is 298 g/mol. The van der Waals surface area contributed by atoms with Crippen LogP contribution in [0.15, 0.2) is 23.1 Å². The highest BCUT2D eigenvalue weighted by Crippen LogP contribution is 2.28. The number of hydrogen-bond donors (Lipinski definition) is 2. The molecule has 1 amide bonds. The highest BCUT2D eigenvalue weighted by atomic mass is 32.2. The van der Waals surface area contributed by atoms with Crippen molar-refractivity contribution >= 4 is 15.9 Å². The summed E-state index contributed by atoms with van der Waals surface area (Å²) in [5, 5.41) is 7.94. The van der Waals surface area contributed by atoms with E-state index in [0.717, 1.165) is 12.8 Å². The third-order valence-corrected chi connectivity index (χ3v) is 4.36. The standard InChI is InChI=1S/C13H18N2O4S/c1-8-5-9(6-8)15-13(16)11-7-10(20(14,17)18)3-4-12(11)19-2/h3-4,7-9H,5-6H2,1-2H3,(H,15,16)(H2,14,17,18). The molecule has 3 N–H and O–H groups in total. The van der Waals surface area contributed by atoms with E-state index in [1.54, 1.807) is 0 Å². The molecule has 0 radical (unpaired) electrons. The molecule has 0 atom stereocenters. The third-order valence-electron chi connectivity index (χ3n) is 3.45. The zero-order chi connectivity index (χ0) is 14.9. The van der Waals surface area contributed by atoms with Crippen LogP contribution in [-0.4, -0.2) is 27.5 Å². The normalized spacial score (nSPS) is 21.9. The zero-order valence-electron chi connectivity index (χ0n) is 11.4. The Balaban J connectivity index is 2.26. The summed E-state index contributed by atoms with van der Waals surface area (Å²) in [6.07, 6.45) is 1.87. The maximum atomic E-state index is 12.2. The van der Waals surface area contributed by atoms with E-state index in [1.165, 1.54) is 25.3 Å². The smallest absolute Gasteiger partial charge is 0.255 e. The molecule has 6 nitrogen and oxygen atoms in total. The third kappa shape index (κ3) is 3.10. The van der Waals surface area contributed by atoms with Crippen LogP contribution in [0.3, 0.4) is 0 Å². The van der Waals surface area contributed by atoms with Crippen molar-refractivity contribution in [2.24, 2.45) is 11.1 Å². The van der Waals surface area contributed by atoms with Gasteiger partial charge < -0.3 is 10.1 Å². The van der Waals surface area contributed by atoms with E-state index in [-0.39, 0.29) is 22.4 Å². The molecule has 0 aliphatic heterocycles. The fourth-order valence-electron chi connectivity index (χ4n) is 2.32. The molecular weight excluding hydrogens is 280 g/mol. The largest absolute Gasteiger partial charge is 0.496 e. The molecule has 2 rings (SSSR count). The van der Waals surface area contributed by atoms with Gasteiger partial charge in [-0.3, -0.25) is 4.79 Å². The first kappa shape index (κ1) is 14.8. The van der Waals surface area contributed by atoms with Crippen LogP contribution in [0.1, 0.15) is 30.1 Å². The van der Waals surface area contributed by atoms with Crippen LogP contribution < -0.4 is 15.2 Å². The molecule has 110 valence electrons. The number of nitrogens with two attached hydrogens (primary N) is 1. The Kier molecular flexibility index (Phi) is 4.01. The summed E-state index contributed by atoms with van der Waals surface area (Å²) in [6.45, 7) is 2.12. The topological polar surface area (TPSA) is 98.5 Å². The summed E-state index contributed by atoms with van der Waals surface area (Å²) >= 11 is 0. The average Bonchev–Trinajstić information content (AvgIpc) is 2.35. The van der Waals surface area contributed by atoms with Gasteiger partial charge in [-0.25, -0.2) is 13.6 Å². The second-order valence-electron chi connectivity index (χ2n) is 5.15. The van der Waals surface area contributed by atoms with E-state index >= 15 is 0 Å². The quantitative estimate of drug-likeness (QED) is 0.861. The molecule has 1 saturated carbocycles. The molecule has 0 aromatic heterocycles. The summed E-state index contributed by atoms with van der Waals surface area (Å²) in [7, 11) is -2.42. The highest BCUT2D eigenvalue weighted by molar-refractivity contribution is 7.89. The number of carbonyl (C=O) groups excluding carboxylic acids is 1. The minimum Gasteiger partial charge on any atom is -0.496 e. The maximum Gasteiger partial charge on any atom is 0.255 e. The van der Waals surface area contributed by atoms with Gasteiger partial charge in [-0.05, 0) is 37.0 Å². The van der Waals surface area contributed by atoms with Gasteiger partial charge in [0.15, 0.2) is 0 Å². The number of nitrogens with one attached hydrogen (secondary N) is 1. The number of rotatable bonds is 4. The average molecular weight is 298 g/mol. The molecule has 1 aliphatic rings. The highest BCUT2D eigenvalue weighted by Gasteiger charge is 2.28. The Hall–Kier alpha value is -1.60. The fraction of sp³-hybridized carbons (Fsp3) is 0.462.